The highest BCUT2D eigenvalue weighted by molar-refractivity contribution is 5.85. The number of aryl methyl sites for hydroxylation is 1. The fourth-order valence-electron chi connectivity index (χ4n) is 3.63. The summed E-state index contributed by atoms with van der Waals surface area (Å²) in [4.78, 5) is 31.9. The lowest BCUT2D eigenvalue weighted by Gasteiger charge is -2.29. The van der Waals surface area contributed by atoms with Gasteiger partial charge in [0.15, 0.2) is 0 Å². The number of hydrogen-bond donors (Lipinski definition) is 0. The second-order valence-corrected chi connectivity index (χ2v) is 7.49. The molecule has 1 saturated carbocycles. The Morgan fingerprint density at radius 1 is 1.19 bits per heavy atom. The number of amides is 2. The lowest BCUT2D eigenvalue weighted by molar-refractivity contribution is 0.0476. The highest BCUT2D eigenvalue weighted by Gasteiger charge is 2.27. The molecule has 0 N–H and O–H groups in total. The molecule has 27 heavy (non-hydrogen) atoms. The molecule has 2 fully saturated rings. The first-order chi connectivity index (χ1) is 13.0. The minimum absolute atomic E-state index is 0.0877. The van der Waals surface area contributed by atoms with Gasteiger partial charge in [-0.15, -0.1) is 0 Å². The van der Waals surface area contributed by atoms with Crippen LogP contribution in [0, 0.1) is 12.8 Å². The molecule has 0 spiro atoms. The quantitative estimate of drug-likeness (QED) is 0.801. The summed E-state index contributed by atoms with van der Waals surface area (Å²) in [6.07, 6.45) is 4.88. The van der Waals surface area contributed by atoms with Crippen LogP contribution >= 0.6 is 0 Å². The highest BCUT2D eigenvalue weighted by atomic mass is 16.6. The van der Waals surface area contributed by atoms with Crippen molar-refractivity contribution in [3.05, 3.63) is 23.9 Å². The van der Waals surface area contributed by atoms with Gasteiger partial charge in [-0.2, -0.15) is 0 Å². The topological polar surface area (TPSA) is 72.0 Å². The van der Waals surface area contributed by atoms with Crippen LogP contribution in [0.4, 0.5) is 15.4 Å². The molecular formula is C20H29N3O4. The number of ether oxygens (including phenoxy) is 2. The number of carbonyl (C=O) groups is 2. The van der Waals surface area contributed by atoms with E-state index in [9.17, 15) is 9.59 Å². The van der Waals surface area contributed by atoms with E-state index in [0.717, 1.165) is 57.3 Å². The van der Waals surface area contributed by atoms with Gasteiger partial charge in [-0.1, -0.05) is 6.07 Å². The number of aromatic nitrogens is 1. The van der Waals surface area contributed by atoms with Crippen LogP contribution in [0.1, 0.15) is 44.2 Å². The predicted molar refractivity (Wildman–Crippen MR) is 102 cm³/mol. The van der Waals surface area contributed by atoms with Crippen LogP contribution in [0.5, 0.6) is 0 Å². The van der Waals surface area contributed by atoms with Crippen LogP contribution in [0.15, 0.2) is 18.2 Å². The van der Waals surface area contributed by atoms with E-state index in [1.807, 2.05) is 19.1 Å². The van der Waals surface area contributed by atoms with E-state index in [4.69, 9.17) is 9.47 Å². The number of pyridine rings is 1. The van der Waals surface area contributed by atoms with Crippen LogP contribution < -0.4 is 4.90 Å². The van der Waals surface area contributed by atoms with Gasteiger partial charge in [0.25, 0.3) is 0 Å². The van der Waals surface area contributed by atoms with E-state index in [1.165, 1.54) is 4.90 Å². The minimum atomic E-state index is -0.378. The second-order valence-electron chi connectivity index (χ2n) is 7.49. The van der Waals surface area contributed by atoms with Gasteiger partial charge in [-0.3, -0.25) is 4.90 Å². The number of hydrogen-bond acceptors (Lipinski definition) is 5. The second kappa shape index (κ2) is 9.06. The van der Waals surface area contributed by atoms with Crippen molar-refractivity contribution in [2.75, 3.05) is 31.6 Å². The van der Waals surface area contributed by atoms with Gasteiger partial charge in [0.2, 0.25) is 0 Å². The standard InChI is InChI=1S/C20H29N3O4/c1-15-6-5-7-18(21-15)22(2)19(24)27-17-10-8-16(9-11-17)14-26-20(25)23-12-3-4-13-23/h5-7,16-17H,3-4,8-14H2,1-2H3. The van der Waals surface area contributed by atoms with Crippen molar-refractivity contribution in [3.63, 3.8) is 0 Å². The Hall–Kier alpha value is -2.31. The maximum absolute atomic E-state index is 12.4. The minimum Gasteiger partial charge on any atom is -0.449 e. The van der Waals surface area contributed by atoms with Crippen molar-refractivity contribution in [3.8, 4) is 0 Å². The summed E-state index contributed by atoms with van der Waals surface area (Å²) in [6.45, 7) is 3.97. The van der Waals surface area contributed by atoms with E-state index in [2.05, 4.69) is 4.98 Å². The molecule has 1 aliphatic carbocycles. The van der Waals surface area contributed by atoms with Crippen molar-refractivity contribution < 1.29 is 19.1 Å². The van der Waals surface area contributed by atoms with Crippen molar-refractivity contribution in [1.29, 1.82) is 0 Å². The van der Waals surface area contributed by atoms with Gasteiger partial charge < -0.3 is 14.4 Å². The molecule has 1 aromatic heterocycles. The molecule has 2 heterocycles. The molecular weight excluding hydrogens is 346 g/mol. The van der Waals surface area contributed by atoms with Gasteiger partial charge >= 0.3 is 12.2 Å². The summed E-state index contributed by atoms with van der Waals surface area (Å²) in [6, 6.07) is 5.55. The smallest absolute Gasteiger partial charge is 0.415 e. The van der Waals surface area contributed by atoms with Crippen molar-refractivity contribution in [1.82, 2.24) is 9.88 Å². The molecule has 0 radical (unpaired) electrons. The van der Waals surface area contributed by atoms with Crippen LogP contribution in [0.2, 0.25) is 0 Å². The largest absolute Gasteiger partial charge is 0.449 e. The van der Waals surface area contributed by atoms with Gasteiger partial charge in [0, 0.05) is 25.8 Å². The fourth-order valence-corrected chi connectivity index (χ4v) is 3.63. The monoisotopic (exact) mass is 375 g/mol. The molecule has 7 nitrogen and oxygen atoms in total. The number of likely N-dealkylation sites (tertiary alicyclic amines) is 1. The molecule has 0 aromatic carbocycles. The summed E-state index contributed by atoms with van der Waals surface area (Å²) in [5.41, 5.74) is 0.858. The molecule has 148 valence electrons. The third-order valence-corrected chi connectivity index (χ3v) is 5.36. The Labute approximate surface area is 160 Å². The molecule has 3 rings (SSSR count). The van der Waals surface area contributed by atoms with E-state index >= 15 is 0 Å². The van der Waals surface area contributed by atoms with Crippen LogP contribution in [0.25, 0.3) is 0 Å². The zero-order valence-corrected chi connectivity index (χ0v) is 16.2. The van der Waals surface area contributed by atoms with Gasteiger partial charge in [-0.25, -0.2) is 14.6 Å². The number of nitrogens with zero attached hydrogens (tertiary/aromatic N) is 3. The highest BCUT2D eigenvalue weighted by Crippen LogP contribution is 2.27. The van der Waals surface area contributed by atoms with Gasteiger partial charge in [0.1, 0.15) is 11.9 Å². The van der Waals surface area contributed by atoms with Crippen LogP contribution in [-0.2, 0) is 9.47 Å². The average molecular weight is 375 g/mol. The normalized spacial score (nSPS) is 22.4. The van der Waals surface area contributed by atoms with Crippen LogP contribution in [0.3, 0.4) is 0 Å². The molecule has 2 amide bonds. The predicted octanol–water partition coefficient (Wildman–Crippen LogP) is 3.75. The molecule has 1 saturated heterocycles. The number of rotatable bonds is 4. The maximum Gasteiger partial charge on any atom is 0.415 e. The zero-order valence-electron chi connectivity index (χ0n) is 16.2. The van der Waals surface area contributed by atoms with Crippen molar-refractivity contribution in [2.24, 2.45) is 5.92 Å². The SMILES string of the molecule is Cc1cccc(N(C)C(=O)OC2CCC(COC(=O)N3CCCC3)CC2)n1. The third kappa shape index (κ3) is 5.34. The summed E-state index contributed by atoms with van der Waals surface area (Å²) in [5.74, 6) is 0.935. The maximum atomic E-state index is 12.4. The first-order valence-corrected chi connectivity index (χ1v) is 9.82. The molecule has 1 aliphatic heterocycles. The Bertz CT molecular complexity index is 652. The summed E-state index contributed by atoms with van der Waals surface area (Å²) < 4.78 is 11.1. The van der Waals surface area contributed by atoms with E-state index in [1.54, 1.807) is 18.0 Å². The first-order valence-electron chi connectivity index (χ1n) is 9.82. The Kier molecular flexibility index (Phi) is 6.53. The molecule has 0 unspecified atom stereocenters. The molecule has 2 aliphatic rings. The molecule has 7 heteroatoms. The average Bonchev–Trinajstić information content (AvgIpc) is 3.21. The summed E-state index contributed by atoms with van der Waals surface area (Å²) in [7, 11) is 1.67. The lowest BCUT2D eigenvalue weighted by atomic mass is 9.88. The van der Waals surface area contributed by atoms with Crippen LogP contribution in [-0.4, -0.2) is 54.9 Å². The Balaban J connectivity index is 1.38. The van der Waals surface area contributed by atoms with E-state index in [-0.39, 0.29) is 18.3 Å². The zero-order chi connectivity index (χ0) is 19.2. The molecule has 0 bridgehead atoms. The van der Waals surface area contributed by atoms with E-state index < -0.39 is 0 Å². The van der Waals surface area contributed by atoms with Crippen molar-refractivity contribution in [2.45, 2.75) is 51.6 Å². The molecule has 0 atom stereocenters. The Morgan fingerprint density at radius 2 is 1.89 bits per heavy atom. The molecule has 1 aromatic rings. The third-order valence-electron chi connectivity index (χ3n) is 5.36. The summed E-state index contributed by atoms with van der Waals surface area (Å²) in [5, 5.41) is 0. The Morgan fingerprint density at radius 3 is 2.56 bits per heavy atom. The van der Waals surface area contributed by atoms with Gasteiger partial charge in [-0.05, 0) is 63.5 Å². The van der Waals surface area contributed by atoms with E-state index in [0.29, 0.717) is 18.3 Å². The number of anilines is 1. The lowest BCUT2D eigenvalue weighted by Crippen LogP contribution is -2.34. The van der Waals surface area contributed by atoms with Gasteiger partial charge in [0.05, 0.1) is 6.61 Å². The van der Waals surface area contributed by atoms with Crippen molar-refractivity contribution >= 4 is 18.0 Å². The number of carbonyl (C=O) groups excluding carboxylic acids is 2. The fraction of sp³-hybridized carbons (Fsp3) is 0.650. The first kappa shape index (κ1) is 19.5. The summed E-state index contributed by atoms with van der Waals surface area (Å²) >= 11 is 0.